The van der Waals surface area contributed by atoms with Gasteiger partial charge >= 0.3 is 0 Å². The minimum absolute atomic E-state index is 0.202. The van der Waals surface area contributed by atoms with Crippen molar-refractivity contribution < 1.29 is 32.1 Å². The first kappa shape index (κ1) is 19.3. The Morgan fingerprint density at radius 2 is 1.44 bits per heavy atom. The number of hydrogen-bond donors (Lipinski definition) is 0. The van der Waals surface area contributed by atoms with Crippen LogP contribution in [-0.4, -0.2) is 56.5 Å². The highest BCUT2D eigenvalue weighted by Gasteiger charge is 2.61. The third-order valence-corrected chi connectivity index (χ3v) is 6.77. The molecule has 4 rings (SSSR count). The third-order valence-electron chi connectivity index (χ3n) is 5.01. The predicted octanol–water partition coefficient (Wildman–Crippen LogP) is 2.17. The van der Waals surface area contributed by atoms with E-state index in [1.165, 1.54) is 0 Å². The van der Waals surface area contributed by atoms with Gasteiger partial charge in [-0.3, -0.25) is 0 Å². The minimum Gasteiger partial charge on any atom is -0.343 e. The quantitative estimate of drug-likeness (QED) is 0.772. The van der Waals surface area contributed by atoms with Gasteiger partial charge in [0.15, 0.2) is 27.7 Å². The van der Waals surface area contributed by atoms with Crippen LogP contribution in [0.15, 0.2) is 29.2 Å². The molecule has 0 amide bonds. The first-order chi connectivity index (χ1) is 12.5. The van der Waals surface area contributed by atoms with E-state index in [4.69, 9.17) is 23.7 Å². The molecule has 3 saturated heterocycles. The van der Waals surface area contributed by atoms with E-state index >= 15 is 0 Å². The Bertz CT molecular complexity index is 815. The number of sulfone groups is 1. The lowest BCUT2D eigenvalue weighted by Crippen LogP contribution is -2.57. The summed E-state index contributed by atoms with van der Waals surface area (Å²) in [5.41, 5.74) is 1.00. The molecule has 0 spiro atoms. The summed E-state index contributed by atoms with van der Waals surface area (Å²) in [6, 6.07) is 6.80. The Kier molecular flexibility index (Phi) is 4.46. The largest absolute Gasteiger partial charge is 0.343 e. The number of hydrogen-bond acceptors (Lipinski definition) is 7. The maximum atomic E-state index is 12.9. The van der Waals surface area contributed by atoms with Crippen molar-refractivity contribution in [3.63, 3.8) is 0 Å². The zero-order valence-corrected chi connectivity index (χ0v) is 17.0. The summed E-state index contributed by atoms with van der Waals surface area (Å²) in [6.07, 6.45) is -2.75. The van der Waals surface area contributed by atoms with E-state index in [1.54, 1.807) is 38.1 Å². The molecule has 27 heavy (non-hydrogen) atoms. The topological polar surface area (TPSA) is 80.3 Å². The van der Waals surface area contributed by atoms with Gasteiger partial charge in [-0.15, -0.1) is 0 Å². The molecule has 0 saturated carbocycles. The molecule has 3 aliphatic heterocycles. The number of rotatable bonds is 3. The second-order valence-corrected chi connectivity index (χ2v) is 10.3. The van der Waals surface area contributed by atoms with Crippen LogP contribution >= 0.6 is 0 Å². The van der Waals surface area contributed by atoms with Crippen molar-refractivity contribution in [1.82, 2.24) is 0 Å². The fourth-order valence-corrected chi connectivity index (χ4v) is 5.35. The summed E-state index contributed by atoms with van der Waals surface area (Å²) in [6.45, 7) is 9.07. The third kappa shape index (κ3) is 3.66. The van der Waals surface area contributed by atoms with Gasteiger partial charge in [0.05, 0.1) is 10.6 Å². The zero-order valence-electron chi connectivity index (χ0n) is 16.2. The summed E-state index contributed by atoms with van der Waals surface area (Å²) in [4.78, 5) is 0.268. The van der Waals surface area contributed by atoms with Crippen LogP contribution in [0.3, 0.4) is 0 Å². The molecule has 5 atom stereocenters. The van der Waals surface area contributed by atoms with Crippen LogP contribution in [0, 0.1) is 6.92 Å². The van der Waals surface area contributed by atoms with Gasteiger partial charge in [-0.2, -0.15) is 0 Å². The molecule has 0 aliphatic carbocycles. The average Bonchev–Trinajstić information content (AvgIpc) is 2.99. The fraction of sp³-hybridized carbons (Fsp3) is 0.684. The minimum atomic E-state index is -3.55. The molecule has 8 heteroatoms. The summed E-state index contributed by atoms with van der Waals surface area (Å²) < 4.78 is 55.5. The van der Waals surface area contributed by atoms with Gasteiger partial charge in [0.25, 0.3) is 0 Å². The highest BCUT2D eigenvalue weighted by Crippen LogP contribution is 2.44. The van der Waals surface area contributed by atoms with E-state index in [9.17, 15) is 8.42 Å². The molecule has 0 N–H and O–H groups in total. The van der Waals surface area contributed by atoms with Gasteiger partial charge < -0.3 is 23.7 Å². The molecule has 3 aliphatic rings. The second kappa shape index (κ2) is 6.23. The van der Waals surface area contributed by atoms with Crippen LogP contribution in [0.5, 0.6) is 0 Å². The van der Waals surface area contributed by atoms with Crippen molar-refractivity contribution in [3.8, 4) is 0 Å². The molecular weight excluding hydrogens is 372 g/mol. The van der Waals surface area contributed by atoms with Crippen molar-refractivity contribution in [1.29, 1.82) is 0 Å². The highest BCUT2D eigenvalue weighted by molar-refractivity contribution is 7.91. The number of aryl methyl sites for hydroxylation is 1. The molecule has 1 aromatic rings. The normalized spacial score (nSPS) is 37.0. The molecule has 0 bridgehead atoms. The van der Waals surface area contributed by atoms with Gasteiger partial charge in [-0.25, -0.2) is 8.42 Å². The van der Waals surface area contributed by atoms with Gasteiger partial charge in [0.1, 0.15) is 24.4 Å². The molecule has 0 unspecified atom stereocenters. The van der Waals surface area contributed by atoms with Crippen molar-refractivity contribution in [2.24, 2.45) is 0 Å². The van der Waals surface area contributed by atoms with Crippen molar-refractivity contribution in [2.75, 3.05) is 5.75 Å². The summed E-state index contributed by atoms with van der Waals surface area (Å²) >= 11 is 0. The Labute approximate surface area is 159 Å². The van der Waals surface area contributed by atoms with Crippen LogP contribution in [0.2, 0.25) is 0 Å². The number of fused-ring (bicyclic) bond motifs is 3. The van der Waals surface area contributed by atoms with Crippen LogP contribution in [0.25, 0.3) is 0 Å². The van der Waals surface area contributed by atoms with Crippen molar-refractivity contribution >= 4 is 9.84 Å². The summed E-state index contributed by atoms with van der Waals surface area (Å²) in [7, 11) is -3.55. The second-order valence-electron chi connectivity index (χ2n) is 8.30. The predicted molar refractivity (Wildman–Crippen MR) is 95.8 cm³/mol. The number of ether oxygens (including phenoxy) is 5. The molecule has 150 valence electrons. The van der Waals surface area contributed by atoms with Crippen LogP contribution < -0.4 is 0 Å². The fourth-order valence-electron chi connectivity index (χ4n) is 3.91. The first-order valence-electron chi connectivity index (χ1n) is 9.12. The van der Waals surface area contributed by atoms with E-state index in [1.807, 2.05) is 20.8 Å². The Morgan fingerprint density at radius 1 is 0.852 bits per heavy atom. The van der Waals surface area contributed by atoms with E-state index in [0.717, 1.165) is 5.56 Å². The van der Waals surface area contributed by atoms with E-state index in [-0.39, 0.29) is 10.6 Å². The highest BCUT2D eigenvalue weighted by atomic mass is 32.2. The maximum absolute atomic E-state index is 12.9. The Hall–Kier alpha value is -1.03. The maximum Gasteiger partial charge on any atom is 0.190 e. The van der Waals surface area contributed by atoms with Crippen LogP contribution in [-0.2, 0) is 33.5 Å². The van der Waals surface area contributed by atoms with Gasteiger partial charge in [0.2, 0.25) is 0 Å². The van der Waals surface area contributed by atoms with Crippen molar-refractivity contribution in [3.05, 3.63) is 29.8 Å². The standard InChI is InChI=1S/C19H26O7S/c1-11-6-8-12(9-7-11)27(20,21)10-13-14-15(24-18(2,3)23-13)16-17(22-14)26-19(4,5)25-16/h6-9,13-17H,10H2,1-5H3/t13-,14+,15-,16+,17+/m0/s1. The average molecular weight is 398 g/mol. The molecule has 3 heterocycles. The monoisotopic (exact) mass is 398 g/mol. The van der Waals surface area contributed by atoms with Gasteiger partial charge in [-0.1, -0.05) is 17.7 Å². The van der Waals surface area contributed by atoms with Gasteiger partial charge in [-0.05, 0) is 46.8 Å². The Balaban J connectivity index is 1.58. The number of benzene rings is 1. The van der Waals surface area contributed by atoms with E-state index < -0.39 is 52.1 Å². The van der Waals surface area contributed by atoms with E-state index in [2.05, 4.69) is 0 Å². The lowest BCUT2D eigenvalue weighted by molar-refractivity contribution is -0.339. The first-order valence-corrected chi connectivity index (χ1v) is 10.8. The zero-order chi connectivity index (χ0) is 19.6. The van der Waals surface area contributed by atoms with Crippen LogP contribution in [0.1, 0.15) is 33.3 Å². The van der Waals surface area contributed by atoms with Gasteiger partial charge in [0, 0.05) is 0 Å². The lowest BCUT2D eigenvalue weighted by Gasteiger charge is -2.43. The van der Waals surface area contributed by atoms with Crippen molar-refractivity contribution in [2.45, 2.75) is 81.8 Å². The molecule has 3 fully saturated rings. The van der Waals surface area contributed by atoms with E-state index in [0.29, 0.717) is 0 Å². The molecule has 0 radical (unpaired) electrons. The Morgan fingerprint density at radius 3 is 2.11 bits per heavy atom. The summed E-state index contributed by atoms with van der Waals surface area (Å²) in [5, 5.41) is 0. The molecule has 7 nitrogen and oxygen atoms in total. The molecular formula is C19H26O7S. The molecule has 0 aromatic heterocycles. The van der Waals surface area contributed by atoms with Crippen LogP contribution in [0.4, 0.5) is 0 Å². The molecule has 1 aromatic carbocycles. The lowest BCUT2D eigenvalue weighted by atomic mass is 10.0. The smallest absolute Gasteiger partial charge is 0.190 e. The SMILES string of the molecule is Cc1ccc(S(=O)(=O)C[C@@H]2OC(C)(C)O[C@@H]3[C@H]4OC(C)(C)O[C@H]4O[C@@H]32)cc1. The summed E-state index contributed by atoms with van der Waals surface area (Å²) in [5.74, 6) is -1.93.